The lowest BCUT2D eigenvalue weighted by molar-refractivity contribution is 0.624. The fourth-order valence-corrected chi connectivity index (χ4v) is 4.61. The number of rotatable bonds is 7. The Bertz CT molecular complexity index is 813. The van der Waals surface area contributed by atoms with Gasteiger partial charge in [0.25, 0.3) is 0 Å². The number of benzene rings is 1. The molecule has 0 saturated heterocycles. The number of hydrogen-bond donors (Lipinski definition) is 4. The Morgan fingerprint density at radius 2 is 1.79 bits per heavy atom. The number of aryl methyl sites for hydroxylation is 1. The van der Waals surface area contributed by atoms with Crippen LogP contribution >= 0.6 is 11.8 Å². The van der Waals surface area contributed by atoms with E-state index >= 15 is 0 Å². The molecule has 0 radical (unpaired) electrons. The SMILES string of the molecule is CCC(C)N1CCSc2c1cc(C)nc2Nc1c(NC)cc(NC)cc1NC. The van der Waals surface area contributed by atoms with Crippen molar-refractivity contribution in [1.82, 2.24) is 4.98 Å². The normalized spacial score (nSPS) is 14.3. The first kappa shape index (κ1) is 20.5. The predicted octanol–water partition coefficient (Wildman–Crippen LogP) is 4.97. The van der Waals surface area contributed by atoms with E-state index in [1.165, 1.54) is 10.6 Å². The summed E-state index contributed by atoms with van der Waals surface area (Å²) in [6.07, 6.45) is 1.13. The van der Waals surface area contributed by atoms with E-state index in [2.05, 4.69) is 65.1 Å². The van der Waals surface area contributed by atoms with Gasteiger partial charge in [-0.25, -0.2) is 4.98 Å². The molecule has 2 heterocycles. The van der Waals surface area contributed by atoms with Gasteiger partial charge in [0.2, 0.25) is 0 Å². The van der Waals surface area contributed by atoms with Crippen LogP contribution in [0.3, 0.4) is 0 Å². The molecule has 2 aromatic rings. The monoisotopic (exact) mass is 400 g/mol. The number of nitrogens with zero attached hydrogens (tertiary/aromatic N) is 2. The van der Waals surface area contributed by atoms with Gasteiger partial charge in [-0.2, -0.15) is 0 Å². The van der Waals surface area contributed by atoms with Crippen LogP contribution < -0.4 is 26.2 Å². The minimum absolute atomic E-state index is 0.518. The Balaban J connectivity index is 2.08. The maximum absolute atomic E-state index is 4.86. The van der Waals surface area contributed by atoms with Gasteiger partial charge in [-0.05, 0) is 38.5 Å². The molecule has 0 spiro atoms. The lowest BCUT2D eigenvalue weighted by Gasteiger charge is -2.36. The predicted molar refractivity (Wildman–Crippen MR) is 125 cm³/mol. The fraction of sp³-hybridized carbons (Fsp3) is 0.476. The molecule has 152 valence electrons. The Labute approximate surface area is 172 Å². The summed E-state index contributed by atoms with van der Waals surface area (Å²) in [4.78, 5) is 8.62. The number of nitrogens with one attached hydrogen (secondary N) is 4. The first-order valence-corrected chi connectivity index (χ1v) is 10.9. The maximum Gasteiger partial charge on any atom is 0.146 e. The number of anilines is 6. The molecule has 7 heteroatoms. The van der Waals surface area contributed by atoms with E-state index in [0.29, 0.717) is 6.04 Å². The van der Waals surface area contributed by atoms with Crippen molar-refractivity contribution in [2.24, 2.45) is 0 Å². The molecule has 3 rings (SSSR count). The summed E-state index contributed by atoms with van der Waals surface area (Å²) < 4.78 is 0. The van der Waals surface area contributed by atoms with Gasteiger partial charge >= 0.3 is 0 Å². The van der Waals surface area contributed by atoms with Gasteiger partial charge in [-0.1, -0.05) is 6.92 Å². The highest BCUT2D eigenvalue weighted by atomic mass is 32.2. The highest BCUT2D eigenvalue weighted by Crippen LogP contribution is 2.44. The number of thioether (sulfide) groups is 1. The molecule has 0 saturated carbocycles. The molecule has 1 aromatic heterocycles. The zero-order valence-corrected chi connectivity index (χ0v) is 18.5. The molecule has 0 aliphatic carbocycles. The van der Waals surface area contributed by atoms with Crippen LogP contribution in [-0.2, 0) is 0 Å². The molecule has 1 atom stereocenters. The smallest absolute Gasteiger partial charge is 0.146 e. The molecular weight excluding hydrogens is 368 g/mol. The third kappa shape index (κ3) is 3.94. The van der Waals surface area contributed by atoms with Crippen LogP contribution in [-0.4, -0.2) is 44.5 Å². The first-order chi connectivity index (χ1) is 13.5. The Hall–Kier alpha value is -2.28. The topological polar surface area (TPSA) is 64.2 Å². The van der Waals surface area contributed by atoms with Crippen LogP contribution in [0.15, 0.2) is 23.1 Å². The summed E-state index contributed by atoms with van der Waals surface area (Å²) in [7, 11) is 5.82. The quantitative estimate of drug-likeness (QED) is 0.523. The largest absolute Gasteiger partial charge is 0.388 e. The molecule has 4 N–H and O–H groups in total. The second kappa shape index (κ2) is 8.82. The summed E-state index contributed by atoms with van der Waals surface area (Å²) in [5.41, 5.74) is 6.42. The summed E-state index contributed by atoms with van der Waals surface area (Å²) in [6, 6.07) is 6.94. The van der Waals surface area contributed by atoms with E-state index in [-0.39, 0.29) is 0 Å². The Kier molecular flexibility index (Phi) is 6.44. The Morgan fingerprint density at radius 1 is 1.11 bits per heavy atom. The van der Waals surface area contributed by atoms with Crippen molar-refractivity contribution in [1.29, 1.82) is 0 Å². The van der Waals surface area contributed by atoms with Crippen LogP contribution in [0.1, 0.15) is 26.0 Å². The number of fused-ring (bicyclic) bond motifs is 1. The molecular formula is C21H32N6S. The van der Waals surface area contributed by atoms with E-state index in [0.717, 1.165) is 53.0 Å². The third-order valence-electron chi connectivity index (χ3n) is 5.30. The number of pyridine rings is 1. The van der Waals surface area contributed by atoms with Crippen LogP contribution in [0.25, 0.3) is 0 Å². The van der Waals surface area contributed by atoms with Gasteiger partial charge in [-0.3, -0.25) is 0 Å². The molecule has 1 aromatic carbocycles. The first-order valence-electron chi connectivity index (χ1n) is 9.91. The van der Waals surface area contributed by atoms with E-state index in [4.69, 9.17) is 4.98 Å². The molecule has 1 aliphatic rings. The van der Waals surface area contributed by atoms with Crippen molar-refractivity contribution in [2.75, 3.05) is 59.6 Å². The van der Waals surface area contributed by atoms with Crippen molar-refractivity contribution in [3.8, 4) is 0 Å². The van der Waals surface area contributed by atoms with Crippen molar-refractivity contribution in [3.63, 3.8) is 0 Å². The van der Waals surface area contributed by atoms with Gasteiger partial charge in [0.05, 0.1) is 27.6 Å². The highest BCUT2D eigenvalue weighted by molar-refractivity contribution is 7.99. The van der Waals surface area contributed by atoms with Crippen molar-refractivity contribution in [2.45, 2.75) is 38.1 Å². The van der Waals surface area contributed by atoms with Crippen molar-refractivity contribution in [3.05, 3.63) is 23.9 Å². The average Bonchev–Trinajstić information content (AvgIpc) is 2.72. The molecule has 1 unspecified atom stereocenters. The lowest BCUT2D eigenvalue weighted by Crippen LogP contribution is -2.37. The molecule has 28 heavy (non-hydrogen) atoms. The third-order valence-corrected chi connectivity index (χ3v) is 6.38. The van der Waals surface area contributed by atoms with E-state index in [1.807, 2.05) is 32.9 Å². The number of aromatic nitrogens is 1. The second-order valence-electron chi connectivity index (χ2n) is 7.08. The van der Waals surface area contributed by atoms with Gasteiger partial charge < -0.3 is 26.2 Å². The molecule has 1 aliphatic heterocycles. The summed E-state index contributed by atoms with van der Waals surface area (Å²) >= 11 is 1.89. The van der Waals surface area contributed by atoms with Crippen LogP contribution in [0.5, 0.6) is 0 Å². The van der Waals surface area contributed by atoms with Crippen molar-refractivity contribution < 1.29 is 0 Å². The second-order valence-corrected chi connectivity index (χ2v) is 8.19. The standard InChI is InChI=1S/C21H32N6S/c1-7-14(3)27-8-9-28-20-18(27)10-13(2)25-21(20)26-19-16(23-5)11-15(22-4)12-17(19)24-6/h10-12,14,22-24H,7-9H2,1-6H3,(H,25,26). The van der Waals surface area contributed by atoms with Gasteiger partial charge in [0, 0.05) is 50.9 Å². The van der Waals surface area contributed by atoms with Gasteiger partial charge in [-0.15, -0.1) is 11.8 Å². The lowest BCUT2D eigenvalue weighted by atomic mass is 10.1. The Morgan fingerprint density at radius 3 is 2.36 bits per heavy atom. The van der Waals surface area contributed by atoms with Crippen molar-refractivity contribution >= 4 is 46.0 Å². The van der Waals surface area contributed by atoms with Crippen LogP contribution in [0.2, 0.25) is 0 Å². The van der Waals surface area contributed by atoms with Gasteiger partial charge in [0.15, 0.2) is 0 Å². The average molecular weight is 401 g/mol. The molecule has 0 bridgehead atoms. The zero-order chi connectivity index (χ0) is 20.3. The van der Waals surface area contributed by atoms with E-state index in [9.17, 15) is 0 Å². The van der Waals surface area contributed by atoms with Crippen LogP contribution in [0.4, 0.5) is 34.3 Å². The van der Waals surface area contributed by atoms with Gasteiger partial charge in [0.1, 0.15) is 5.82 Å². The molecule has 6 nitrogen and oxygen atoms in total. The maximum atomic E-state index is 4.86. The molecule has 0 fully saturated rings. The van der Waals surface area contributed by atoms with E-state index in [1.54, 1.807) is 0 Å². The fourth-order valence-electron chi connectivity index (χ4n) is 3.56. The summed E-state index contributed by atoms with van der Waals surface area (Å²) in [6.45, 7) is 7.70. The minimum atomic E-state index is 0.518. The molecule has 0 amide bonds. The summed E-state index contributed by atoms with van der Waals surface area (Å²) in [5, 5.41) is 13.5. The van der Waals surface area contributed by atoms with E-state index < -0.39 is 0 Å². The highest BCUT2D eigenvalue weighted by Gasteiger charge is 2.25. The number of hydrogen-bond acceptors (Lipinski definition) is 7. The van der Waals surface area contributed by atoms with Crippen LogP contribution in [0, 0.1) is 6.92 Å². The summed E-state index contributed by atoms with van der Waals surface area (Å²) in [5.74, 6) is 2.01. The minimum Gasteiger partial charge on any atom is -0.388 e. The zero-order valence-electron chi connectivity index (χ0n) is 17.7.